The zero-order valence-corrected chi connectivity index (χ0v) is 26.3. The van der Waals surface area contributed by atoms with Crippen LogP contribution < -0.4 is 11.1 Å². The summed E-state index contributed by atoms with van der Waals surface area (Å²) in [6, 6.07) is 0.104. The lowest BCUT2D eigenvalue weighted by atomic mass is 9.54. The van der Waals surface area contributed by atoms with Gasteiger partial charge in [-0.15, -0.1) is 0 Å². The van der Waals surface area contributed by atoms with E-state index in [0.29, 0.717) is 11.5 Å². The van der Waals surface area contributed by atoms with E-state index in [1.165, 1.54) is 31.1 Å². The lowest BCUT2D eigenvalue weighted by Gasteiger charge is -2.53. The Morgan fingerprint density at radius 2 is 1.64 bits per heavy atom. The van der Waals surface area contributed by atoms with Gasteiger partial charge in [-0.25, -0.2) is 0 Å². The van der Waals surface area contributed by atoms with Crippen molar-refractivity contribution in [1.29, 1.82) is 0 Å². The van der Waals surface area contributed by atoms with E-state index in [1.807, 2.05) is 0 Å². The molecule has 6 atom stereocenters. The molecule has 0 spiro atoms. The van der Waals surface area contributed by atoms with E-state index >= 15 is 0 Å². The Labute approximate surface area is 261 Å². The van der Waals surface area contributed by atoms with E-state index < -0.39 is 97.7 Å². The Morgan fingerprint density at radius 1 is 1.07 bits per heavy atom. The van der Waals surface area contributed by atoms with Crippen LogP contribution in [0.3, 0.4) is 0 Å². The molecule has 0 unspecified atom stereocenters. The number of aliphatic hydroxyl groups is 4. The number of nitrogens with zero attached hydrogens (tertiary/aromatic N) is 1. The number of Topliss-reactive ketones (excluding diaryl/α,β-unsaturated/α-hetero) is 2. The molecular weight excluding hydrogens is 614 g/mol. The number of aliphatic hydroxyl groups excluding tert-OH is 3. The first-order valence-corrected chi connectivity index (χ1v) is 15.8. The molecule has 3 aliphatic rings. The van der Waals surface area contributed by atoms with Crippen LogP contribution in [0.15, 0.2) is 29.0 Å². The molecule has 1 aromatic rings. The molecule has 0 aliphatic heterocycles. The number of benzene rings is 1. The highest BCUT2D eigenvalue weighted by Crippen LogP contribution is 2.56. The molecule has 44 heavy (non-hydrogen) atoms. The minimum absolute atomic E-state index is 0.100. The number of aromatic hydroxyl groups is 1. The van der Waals surface area contributed by atoms with Crippen molar-refractivity contribution in [3.8, 4) is 5.75 Å². The number of hydrogen-bond donors (Lipinski definition) is 7. The van der Waals surface area contributed by atoms with Crippen molar-refractivity contribution in [3.63, 3.8) is 0 Å². The van der Waals surface area contributed by atoms with Crippen molar-refractivity contribution in [3.05, 3.63) is 40.2 Å². The molecule has 0 bridgehead atoms. The van der Waals surface area contributed by atoms with E-state index in [2.05, 4.69) is 5.32 Å². The second-order valence-electron chi connectivity index (χ2n) is 11.1. The van der Waals surface area contributed by atoms with Crippen LogP contribution in [0.25, 0.3) is 5.76 Å². The smallest absolute Gasteiger partial charge is 0.255 e. The third kappa shape index (κ3) is 4.90. The number of primary amides is 1. The average Bonchev–Trinajstić information content (AvgIpc) is 2.94. The fourth-order valence-electron chi connectivity index (χ4n) is 6.55. The number of amides is 1. The normalized spacial score (nSPS) is 28.2. The molecule has 238 valence electrons. The monoisotopic (exact) mass is 649 g/mol. The van der Waals surface area contributed by atoms with Gasteiger partial charge < -0.3 is 36.6 Å². The highest BCUT2D eigenvalue weighted by atomic mass is 32.2. The van der Waals surface area contributed by atoms with Crippen LogP contribution in [0.1, 0.15) is 37.8 Å². The molecule has 1 fully saturated rings. The molecule has 0 aromatic heterocycles. The predicted molar refractivity (Wildman–Crippen MR) is 164 cm³/mol. The second kappa shape index (κ2) is 12.2. The molecule has 8 N–H and O–H groups in total. The molecule has 4 rings (SSSR count). The van der Waals surface area contributed by atoms with Crippen LogP contribution in [0.5, 0.6) is 5.75 Å². The summed E-state index contributed by atoms with van der Waals surface area (Å²) < 4.78 is 0. The van der Waals surface area contributed by atoms with Crippen LogP contribution in [-0.4, -0.2) is 108 Å². The topological polar surface area (TPSA) is 228 Å². The molecule has 13 nitrogen and oxygen atoms in total. The number of phenols is 1. The van der Waals surface area contributed by atoms with E-state index in [1.54, 1.807) is 20.8 Å². The van der Waals surface area contributed by atoms with Crippen LogP contribution >= 0.6 is 23.5 Å². The van der Waals surface area contributed by atoms with Gasteiger partial charge in [0.15, 0.2) is 17.4 Å². The number of rotatable bonds is 8. The number of carbonyl (C=O) groups is 5. The van der Waals surface area contributed by atoms with Crippen molar-refractivity contribution in [2.75, 3.05) is 30.9 Å². The summed E-state index contributed by atoms with van der Waals surface area (Å²) in [5.41, 5.74) is 0.692. The van der Waals surface area contributed by atoms with Gasteiger partial charge in [0.05, 0.1) is 29.3 Å². The van der Waals surface area contributed by atoms with E-state index in [0.717, 1.165) is 23.5 Å². The quantitative estimate of drug-likeness (QED) is 0.118. The van der Waals surface area contributed by atoms with Crippen molar-refractivity contribution >= 4 is 62.7 Å². The number of fused-ring (bicyclic) bond motifs is 3. The van der Waals surface area contributed by atoms with Crippen molar-refractivity contribution in [2.24, 2.45) is 17.6 Å². The maximum atomic E-state index is 14.1. The third-order valence-electron chi connectivity index (χ3n) is 8.47. The summed E-state index contributed by atoms with van der Waals surface area (Å²) in [5.74, 6) is -9.32. The van der Waals surface area contributed by atoms with Gasteiger partial charge in [-0.1, -0.05) is 50.4 Å². The number of anilines is 1. The molecule has 0 saturated heterocycles. The van der Waals surface area contributed by atoms with Crippen LogP contribution in [0, 0.1) is 11.8 Å². The van der Waals surface area contributed by atoms with Gasteiger partial charge in [-0.3, -0.25) is 28.9 Å². The lowest BCUT2D eigenvalue weighted by Crippen LogP contribution is -2.70. The van der Waals surface area contributed by atoms with E-state index in [-0.39, 0.29) is 16.8 Å². The zero-order chi connectivity index (χ0) is 33.0. The van der Waals surface area contributed by atoms with Crippen LogP contribution in [0.2, 0.25) is 0 Å². The fourth-order valence-corrected chi connectivity index (χ4v) is 7.86. The van der Waals surface area contributed by atoms with E-state index in [9.17, 15) is 49.5 Å². The summed E-state index contributed by atoms with van der Waals surface area (Å²) in [6.07, 6.45) is -1.72. The Balaban J connectivity index is 1.92. The number of thioether (sulfide) groups is 2. The molecule has 0 heterocycles. The van der Waals surface area contributed by atoms with Crippen molar-refractivity contribution in [2.45, 2.75) is 50.5 Å². The fraction of sp³-hybridized carbons (Fsp3) is 0.483. The standard InChI is InChI=1S/C29H35N3O10S2/c1-6-43-27(40)18(28(41)44-7-2)31-12-9-8-11-10(3)13-15(21(34)14(11)20(12)33)24(37)29(42)17(22(13)35)19(32(4)5)23(36)16(25(29)38)26(30)39/h8-10,13,17-19,22,31,33-35,38,42H,6-7H2,1-5H3,(H2,30,39)/t10-,13+,17+,19-,22-,29-/m0/s1. The average molecular weight is 650 g/mol. The number of ketones is 2. The lowest BCUT2D eigenvalue weighted by molar-refractivity contribution is -0.169. The zero-order valence-electron chi connectivity index (χ0n) is 24.7. The first kappa shape index (κ1) is 33.5. The Morgan fingerprint density at radius 3 is 2.14 bits per heavy atom. The molecule has 1 amide bonds. The number of hydrogen-bond acceptors (Lipinski definition) is 14. The molecule has 3 aliphatic carbocycles. The van der Waals surface area contributed by atoms with E-state index in [4.69, 9.17) is 5.73 Å². The molecular formula is C29H35N3O10S2. The summed E-state index contributed by atoms with van der Waals surface area (Å²) in [4.78, 5) is 66.4. The van der Waals surface area contributed by atoms with Crippen LogP contribution in [-0.2, 0) is 24.0 Å². The molecule has 1 aromatic carbocycles. The predicted octanol–water partition coefficient (Wildman–Crippen LogP) is 0.836. The SMILES string of the molecule is CCSC(=O)C(Nc1ccc2c(c1O)C(O)=C1C(=O)[C@]3(O)C(O)=C(C(N)=O)C(=O)[C@@H](N(C)C)[C@@H]3[C@@H](O)[C@@H]1[C@H]2C)C(=O)SCC. The second-order valence-corrected chi connectivity index (χ2v) is 13.6. The largest absolute Gasteiger partial charge is 0.508 e. The number of nitrogens with one attached hydrogen (secondary N) is 1. The van der Waals surface area contributed by atoms with Crippen molar-refractivity contribution in [1.82, 2.24) is 4.90 Å². The van der Waals surface area contributed by atoms with Gasteiger partial charge in [0.25, 0.3) is 5.91 Å². The minimum atomic E-state index is -3.03. The summed E-state index contributed by atoms with van der Waals surface area (Å²) >= 11 is 1.83. The Bertz CT molecular complexity index is 1500. The number of phenolic OH excluding ortho intramolecular Hbond substituents is 1. The maximum absolute atomic E-state index is 14.1. The highest BCUT2D eigenvalue weighted by molar-refractivity contribution is 8.16. The van der Waals surface area contributed by atoms with Gasteiger partial charge >= 0.3 is 0 Å². The summed E-state index contributed by atoms with van der Waals surface area (Å²) in [6.45, 7) is 5.09. The Kier molecular flexibility index (Phi) is 9.29. The number of carbonyl (C=O) groups excluding carboxylic acids is 5. The maximum Gasteiger partial charge on any atom is 0.255 e. The number of nitrogens with two attached hydrogens (primary N) is 1. The van der Waals surface area contributed by atoms with Gasteiger partial charge in [0.2, 0.25) is 16.0 Å². The van der Waals surface area contributed by atoms with Crippen LogP contribution in [0.4, 0.5) is 5.69 Å². The van der Waals surface area contributed by atoms with Gasteiger partial charge in [0.1, 0.15) is 22.8 Å². The van der Waals surface area contributed by atoms with Crippen molar-refractivity contribution < 1.29 is 49.5 Å². The highest BCUT2D eigenvalue weighted by Gasteiger charge is 2.68. The minimum Gasteiger partial charge on any atom is -0.508 e. The molecule has 15 heteroatoms. The first-order valence-electron chi connectivity index (χ1n) is 13.9. The van der Waals surface area contributed by atoms with Gasteiger partial charge in [-0.2, -0.15) is 0 Å². The van der Waals surface area contributed by atoms with Gasteiger partial charge in [0, 0.05) is 11.5 Å². The molecule has 0 radical (unpaired) electrons. The molecule has 1 saturated carbocycles. The summed E-state index contributed by atoms with van der Waals surface area (Å²) in [7, 11) is 2.86. The first-order chi connectivity index (χ1) is 20.6. The summed E-state index contributed by atoms with van der Waals surface area (Å²) in [5, 5.41) is 59.2. The third-order valence-corrected chi connectivity index (χ3v) is 10.1. The van der Waals surface area contributed by atoms with Gasteiger partial charge in [-0.05, 0) is 43.1 Å². The number of likely N-dealkylation sites (N-methyl/N-ethyl adjacent to an activating group) is 1. The Hall–Kier alpha value is -3.37.